The van der Waals surface area contributed by atoms with Crippen LogP contribution in [0.25, 0.3) is 0 Å². The van der Waals surface area contributed by atoms with Crippen molar-refractivity contribution in [1.29, 1.82) is 0 Å². The summed E-state index contributed by atoms with van der Waals surface area (Å²) in [6, 6.07) is 6.08. The Bertz CT molecular complexity index is 385. The topological polar surface area (TPSA) is 15.3 Å². The predicted octanol–water partition coefficient (Wildman–Crippen LogP) is 2.73. The Balaban J connectivity index is 2.11. The second-order valence-corrected chi connectivity index (χ2v) is 4.68. The molecule has 1 N–H and O–H groups in total. The van der Waals surface area contributed by atoms with Crippen LogP contribution in [0.1, 0.15) is 12.8 Å². The zero-order valence-electron chi connectivity index (χ0n) is 8.18. The number of para-hydroxylation sites is 1. The van der Waals surface area contributed by atoms with Gasteiger partial charge in [0.15, 0.2) is 0 Å². The van der Waals surface area contributed by atoms with Gasteiger partial charge in [-0.2, -0.15) is 0 Å². The Labute approximate surface area is 88.9 Å². The molecule has 3 heteroatoms. The van der Waals surface area contributed by atoms with Crippen molar-refractivity contribution in [3.05, 3.63) is 23.2 Å². The van der Waals surface area contributed by atoms with E-state index in [4.69, 9.17) is 11.6 Å². The second-order valence-electron chi connectivity index (χ2n) is 4.27. The Morgan fingerprint density at radius 3 is 2.93 bits per heavy atom. The van der Waals surface area contributed by atoms with Gasteiger partial charge in [0.05, 0.1) is 21.9 Å². The molecule has 1 aliphatic heterocycles. The van der Waals surface area contributed by atoms with Gasteiger partial charge < -0.3 is 10.2 Å². The predicted molar refractivity (Wildman–Crippen MR) is 60.3 cm³/mol. The number of hydrogen-bond acceptors (Lipinski definition) is 2. The van der Waals surface area contributed by atoms with Crippen LogP contribution in [0.5, 0.6) is 0 Å². The molecule has 2 aliphatic rings. The molecule has 0 bridgehead atoms. The number of rotatable bonds is 0. The molecule has 1 fully saturated rings. The van der Waals surface area contributed by atoms with Crippen molar-refractivity contribution >= 4 is 23.0 Å². The van der Waals surface area contributed by atoms with E-state index in [1.807, 2.05) is 12.1 Å². The molecule has 1 heterocycles. The number of benzene rings is 1. The van der Waals surface area contributed by atoms with E-state index < -0.39 is 0 Å². The summed E-state index contributed by atoms with van der Waals surface area (Å²) in [5, 5.41) is 4.26. The minimum Gasteiger partial charge on any atom is -0.380 e. The van der Waals surface area contributed by atoms with Crippen molar-refractivity contribution < 1.29 is 0 Å². The van der Waals surface area contributed by atoms with Crippen LogP contribution in [0, 0.1) is 0 Å². The third-order valence-electron chi connectivity index (χ3n) is 3.49. The van der Waals surface area contributed by atoms with E-state index in [0.717, 1.165) is 17.3 Å². The molecule has 0 radical (unpaired) electrons. The van der Waals surface area contributed by atoms with Gasteiger partial charge >= 0.3 is 0 Å². The van der Waals surface area contributed by atoms with Gasteiger partial charge in [0.1, 0.15) is 0 Å². The smallest absolute Gasteiger partial charge is 0.0768 e. The van der Waals surface area contributed by atoms with Gasteiger partial charge in [-0.3, -0.25) is 0 Å². The van der Waals surface area contributed by atoms with E-state index in [1.54, 1.807) is 0 Å². The van der Waals surface area contributed by atoms with Crippen LogP contribution in [0.4, 0.5) is 11.4 Å². The molecule has 0 saturated heterocycles. The molecule has 1 aromatic carbocycles. The molecule has 1 aliphatic carbocycles. The van der Waals surface area contributed by atoms with Crippen molar-refractivity contribution in [3.8, 4) is 0 Å². The maximum absolute atomic E-state index is 6.13. The standard InChI is InChI=1S/C11H13ClN2/c1-14-9-4-2-3-8(12)10(9)13-7-11(14)5-6-11/h2-4,13H,5-7H2,1H3. The van der Waals surface area contributed by atoms with E-state index in [2.05, 4.69) is 23.3 Å². The van der Waals surface area contributed by atoms with Crippen molar-refractivity contribution in [3.63, 3.8) is 0 Å². The van der Waals surface area contributed by atoms with Crippen LogP contribution in [0.2, 0.25) is 5.02 Å². The number of likely N-dealkylation sites (N-methyl/N-ethyl adjacent to an activating group) is 1. The highest BCUT2D eigenvalue weighted by Gasteiger charge is 2.49. The van der Waals surface area contributed by atoms with Gasteiger partial charge in [0.25, 0.3) is 0 Å². The molecule has 3 rings (SSSR count). The lowest BCUT2D eigenvalue weighted by Gasteiger charge is -2.37. The summed E-state index contributed by atoms with van der Waals surface area (Å²) >= 11 is 6.13. The van der Waals surface area contributed by atoms with Crippen LogP contribution in [0.15, 0.2) is 18.2 Å². The minimum atomic E-state index is 0.387. The van der Waals surface area contributed by atoms with Gasteiger partial charge in [-0.25, -0.2) is 0 Å². The largest absolute Gasteiger partial charge is 0.380 e. The molecule has 1 aromatic rings. The van der Waals surface area contributed by atoms with E-state index in [0.29, 0.717) is 5.54 Å². The maximum atomic E-state index is 6.13. The fraction of sp³-hybridized carbons (Fsp3) is 0.455. The SMILES string of the molecule is CN1c2cccc(Cl)c2NCC12CC2. The van der Waals surface area contributed by atoms with Crippen molar-refractivity contribution in [2.75, 3.05) is 23.8 Å². The molecule has 0 amide bonds. The summed E-state index contributed by atoms with van der Waals surface area (Å²) in [6.45, 7) is 1.03. The molecule has 1 saturated carbocycles. The summed E-state index contributed by atoms with van der Waals surface area (Å²) in [5.41, 5.74) is 2.72. The third kappa shape index (κ3) is 0.976. The van der Waals surface area contributed by atoms with Crippen molar-refractivity contribution in [1.82, 2.24) is 0 Å². The molecule has 74 valence electrons. The molecule has 1 spiro atoms. The quantitative estimate of drug-likeness (QED) is 0.706. The first-order chi connectivity index (χ1) is 6.73. The van der Waals surface area contributed by atoms with Gasteiger partial charge in [0.2, 0.25) is 0 Å². The highest BCUT2D eigenvalue weighted by atomic mass is 35.5. The lowest BCUT2D eigenvalue weighted by Crippen LogP contribution is -2.43. The summed E-state index contributed by atoms with van der Waals surface area (Å²) < 4.78 is 0. The first kappa shape index (κ1) is 8.42. The highest BCUT2D eigenvalue weighted by Crippen LogP contribution is 2.49. The van der Waals surface area contributed by atoms with Gasteiger partial charge in [-0.15, -0.1) is 0 Å². The number of nitrogens with one attached hydrogen (secondary N) is 1. The number of nitrogens with zero attached hydrogens (tertiary/aromatic N) is 1. The van der Waals surface area contributed by atoms with Crippen LogP contribution >= 0.6 is 11.6 Å². The average molecular weight is 209 g/mol. The van der Waals surface area contributed by atoms with Crippen LogP contribution in [-0.4, -0.2) is 19.1 Å². The zero-order chi connectivity index (χ0) is 9.76. The Morgan fingerprint density at radius 1 is 1.43 bits per heavy atom. The lowest BCUT2D eigenvalue weighted by molar-refractivity contribution is 0.641. The minimum absolute atomic E-state index is 0.387. The summed E-state index contributed by atoms with van der Waals surface area (Å²) in [4.78, 5) is 2.38. The monoisotopic (exact) mass is 208 g/mol. The van der Waals surface area contributed by atoms with Gasteiger partial charge in [0, 0.05) is 13.6 Å². The van der Waals surface area contributed by atoms with Gasteiger partial charge in [-0.1, -0.05) is 17.7 Å². The zero-order valence-corrected chi connectivity index (χ0v) is 8.93. The molecule has 14 heavy (non-hydrogen) atoms. The molecule has 0 aromatic heterocycles. The van der Waals surface area contributed by atoms with Gasteiger partial charge in [-0.05, 0) is 25.0 Å². The Morgan fingerprint density at radius 2 is 2.21 bits per heavy atom. The van der Waals surface area contributed by atoms with Crippen LogP contribution in [0.3, 0.4) is 0 Å². The van der Waals surface area contributed by atoms with E-state index in [-0.39, 0.29) is 0 Å². The van der Waals surface area contributed by atoms with E-state index in [1.165, 1.54) is 18.5 Å². The average Bonchev–Trinajstić information content (AvgIpc) is 2.94. The van der Waals surface area contributed by atoms with E-state index in [9.17, 15) is 0 Å². The van der Waals surface area contributed by atoms with Crippen molar-refractivity contribution in [2.45, 2.75) is 18.4 Å². The number of halogens is 1. The first-order valence-electron chi connectivity index (χ1n) is 4.99. The Kier molecular flexibility index (Phi) is 1.55. The molecular weight excluding hydrogens is 196 g/mol. The number of anilines is 2. The highest BCUT2D eigenvalue weighted by molar-refractivity contribution is 6.34. The normalized spacial score (nSPS) is 21.7. The molecule has 0 unspecified atom stereocenters. The lowest BCUT2D eigenvalue weighted by atomic mass is 10.1. The van der Waals surface area contributed by atoms with Crippen molar-refractivity contribution in [2.24, 2.45) is 0 Å². The maximum Gasteiger partial charge on any atom is 0.0768 e. The van der Waals surface area contributed by atoms with Crippen LogP contribution < -0.4 is 10.2 Å². The molecule has 2 nitrogen and oxygen atoms in total. The summed E-state index contributed by atoms with van der Waals surface area (Å²) in [7, 11) is 2.17. The number of fused-ring (bicyclic) bond motifs is 1. The third-order valence-corrected chi connectivity index (χ3v) is 3.80. The van der Waals surface area contributed by atoms with E-state index >= 15 is 0 Å². The second kappa shape index (κ2) is 2.57. The summed E-state index contributed by atoms with van der Waals surface area (Å²) in [5.74, 6) is 0. The first-order valence-corrected chi connectivity index (χ1v) is 5.37. The Hall–Kier alpha value is -0.890. The fourth-order valence-electron chi connectivity index (χ4n) is 2.25. The fourth-order valence-corrected chi connectivity index (χ4v) is 2.49. The number of hydrogen-bond donors (Lipinski definition) is 1. The summed E-state index contributed by atoms with van der Waals surface area (Å²) in [6.07, 6.45) is 2.59. The van der Waals surface area contributed by atoms with Crippen LogP contribution in [-0.2, 0) is 0 Å². The molecular formula is C11H13ClN2. The molecule has 0 atom stereocenters.